The Morgan fingerprint density at radius 1 is 1.00 bits per heavy atom. The maximum absolute atomic E-state index is 12.9. The topological polar surface area (TPSA) is 16.4 Å². The predicted molar refractivity (Wildman–Crippen MR) is 67.3 cm³/mol. The Morgan fingerprint density at radius 3 is 2.42 bits per heavy atom. The van der Waals surface area contributed by atoms with Gasteiger partial charge in [0.25, 0.3) is 0 Å². The summed E-state index contributed by atoms with van der Waals surface area (Å²) in [4.78, 5) is 2.11. The molecule has 0 radical (unpaired) electrons. The van der Waals surface area contributed by atoms with Crippen molar-refractivity contribution in [3.05, 3.63) is 30.0 Å². The Morgan fingerprint density at radius 2 is 1.74 bits per heavy atom. The zero-order chi connectivity index (χ0) is 13.5. The maximum atomic E-state index is 12.9. The van der Waals surface area contributed by atoms with E-state index in [1.807, 2.05) is 0 Å². The molecule has 2 nitrogen and oxygen atoms in total. The Kier molecular flexibility index (Phi) is 2.92. The number of halogens is 3. The van der Waals surface area contributed by atoms with Crippen molar-refractivity contribution in [3.8, 4) is 0 Å². The van der Waals surface area contributed by atoms with Crippen LogP contribution < -0.4 is 4.90 Å². The van der Waals surface area contributed by atoms with E-state index in [0.717, 1.165) is 37.7 Å². The summed E-state index contributed by atoms with van der Waals surface area (Å²) < 4.78 is 44.0. The van der Waals surface area contributed by atoms with Crippen LogP contribution in [0.5, 0.6) is 0 Å². The molecule has 0 amide bonds. The molecule has 19 heavy (non-hydrogen) atoms. The first-order chi connectivity index (χ1) is 9.07. The SMILES string of the molecule is FC(F)(F)c1ccc(N2CCCCC2)c2occc12. The lowest BCUT2D eigenvalue weighted by Gasteiger charge is -2.29. The molecule has 1 aromatic heterocycles. The molecule has 0 aliphatic carbocycles. The van der Waals surface area contributed by atoms with Gasteiger partial charge in [-0.25, -0.2) is 0 Å². The highest BCUT2D eigenvalue weighted by Crippen LogP contribution is 2.39. The number of fused-ring (bicyclic) bond motifs is 1. The van der Waals surface area contributed by atoms with Gasteiger partial charge in [-0.1, -0.05) is 0 Å². The van der Waals surface area contributed by atoms with Gasteiger partial charge in [0.15, 0.2) is 5.58 Å². The van der Waals surface area contributed by atoms with Crippen LogP contribution >= 0.6 is 0 Å². The van der Waals surface area contributed by atoms with Gasteiger partial charge in [-0.3, -0.25) is 0 Å². The van der Waals surface area contributed by atoms with Crippen molar-refractivity contribution < 1.29 is 17.6 Å². The van der Waals surface area contributed by atoms with E-state index in [4.69, 9.17) is 4.42 Å². The van der Waals surface area contributed by atoms with Gasteiger partial charge in [-0.15, -0.1) is 0 Å². The molecule has 5 heteroatoms. The van der Waals surface area contributed by atoms with Crippen LogP contribution in [-0.2, 0) is 6.18 Å². The average molecular weight is 269 g/mol. The molecular formula is C14H14F3NO. The third kappa shape index (κ3) is 2.17. The summed E-state index contributed by atoms with van der Waals surface area (Å²) in [6.45, 7) is 1.75. The maximum Gasteiger partial charge on any atom is 0.417 e. The molecule has 0 N–H and O–H groups in total. The van der Waals surface area contributed by atoms with Crippen molar-refractivity contribution in [1.29, 1.82) is 0 Å². The first-order valence-electron chi connectivity index (χ1n) is 6.40. The van der Waals surface area contributed by atoms with Crippen molar-refractivity contribution >= 4 is 16.7 Å². The standard InChI is InChI=1S/C14H14F3NO/c15-14(16,17)11-4-5-12(13-10(11)6-9-19-13)18-7-2-1-3-8-18/h4-6,9H,1-3,7-8H2. The van der Waals surface area contributed by atoms with Gasteiger partial charge in [0, 0.05) is 18.5 Å². The van der Waals surface area contributed by atoms with Gasteiger partial charge in [0.2, 0.25) is 0 Å². The van der Waals surface area contributed by atoms with Crippen LogP contribution in [0.3, 0.4) is 0 Å². The van der Waals surface area contributed by atoms with Crippen LogP contribution in [-0.4, -0.2) is 13.1 Å². The van der Waals surface area contributed by atoms with Crippen molar-refractivity contribution in [1.82, 2.24) is 0 Å². The molecule has 3 rings (SSSR count). The Bertz CT molecular complexity index is 582. The molecule has 1 aliphatic rings. The fourth-order valence-corrected chi connectivity index (χ4v) is 2.68. The molecule has 0 saturated carbocycles. The molecule has 0 atom stereocenters. The quantitative estimate of drug-likeness (QED) is 0.760. The van der Waals surface area contributed by atoms with Crippen LogP contribution in [0.15, 0.2) is 28.9 Å². The zero-order valence-corrected chi connectivity index (χ0v) is 10.3. The lowest BCUT2D eigenvalue weighted by atomic mass is 10.1. The van der Waals surface area contributed by atoms with Gasteiger partial charge in [-0.2, -0.15) is 13.2 Å². The van der Waals surface area contributed by atoms with Gasteiger partial charge in [0.1, 0.15) is 0 Å². The number of piperidine rings is 1. The van der Waals surface area contributed by atoms with E-state index in [0.29, 0.717) is 5.58 Å². The van der Waals surface area contributed by atoms with E-state index in [-0.39, 0.29) is 5.39 Å². The summed E-state index contributed by atoms with van der Waals surface area (Å²) in [6, 6.07) is 4.08. The summed E-state index contributed by atoms with van der Waals surface area (Å²) in [7, 11) is 0. The largest absolute Gasteiger partial charge is 0.462 e. The minimum absolute atomic E-state index is 0.149. The van der Waals surface area contributed by atoms with Gasteiger partial charge >= 0.3 is 6.18 Å². The first kappa shape index (κ1) is 12.4. The molecule has 1 aliphatic heterocycles. The van der Waals surface area contributed by atoms with E-state index in [2.05, 4.69) is 4.90 Å². The van der Waals surface area contributed by atoms with E-state index in [1.165, 1.54) is 24.8 Å². The number of hydrogen-bond acceptors (Lipinski definition) is 2. The van der Waals surface area contributed by atoms with E-state index < -0.39 is 11.7 Å². The molecule has 2 aromatic rings. The second-order valence-electron chi connectivity index (χ2n) is 4.84. The van der Waals surface area contributed by atoms with Gasteiger partial charge in [0.05, 0.1) is 17.5 Å². The molecule has 2 heterocycles. The highest BCUT2D eigenvalue weighted by atomic mass is 19.4. The summed E-state index contributed by atoms with van der Waals surface area (Å²) in [5, 5.41) is 0.149. The first-order valence-corrected chi connectivity index (χ1v) is 6.40. The van der Waals surface area contributed by atoms with Crippen LogP contribution in [0.4, 0.5) is 18.9 Å². The lowest BCUT2D eigenvalue weighted by Crippen LogP contribution is -2.29. The summed E-state index contributed by atoms with van der Waals surface area (Å²) in [6.07, 6.45) is 0.306. The molecule has 1 fully saturated rings. The van der Waals surface area contributed by atoms with Crippen molar-refractivity contribution in [2.75, 3.05) is 18.0 Å². The predicted octanol–water partition coefficient (Wildman–Crippen LogP) is 4.44. The number of anilines is 1. The molecule has 0 bridgehead atoms. The van der Waals surface area contributed by atoms with Crippen LogP contribution in [0, 0.1) is 0 Å². The Balaban J connectivity index is 2.10. The minimum Gasteiger partial charge on any atom is -0.462 e. The average Bonchev–Trinajstić information content (AvgIpc) is 2.86. The lowest BCUT2D eigenvalue weighted by molar-refractivity contribution is -0.136. The van der Waals surface area contributed by atoms with Crippen molar-refractivity contribution in [2.45, 2.75) is 25.4 Å². The molecule has 0 unspecified atom stereocenters. The third-order valence-electron chi connectivity index (χ3n) is 3.60. The summed E-state index contributed by atoms with van der Waals surface area (Å²) >= 11 is 0. The molecule has 1 saturated heterocycles. The smallest absolute Gasteiger partial charge is 0.417 e. The summed E-state index contributed by atoms with van der Waals surface area (Å²) in [5.41, 5.74) is 0.487. The number of hydrogen-bond donors (Lipinski definition) is 0. The number of furan rings is 1. The molecular weight excluding hydrogens is 255 g/mol. The number of alkyl halides is 3. The fourth-order valence-electron chi connectivity index (χ4n) is 2.68. The minimum atomic E-state index is -4.34. The van der Waals surface area contributed by atoms with E-state index in [9.17, 15) is 13.2 Å². The number of benzene rings is 1. The zero-order valence-electron chi connectivity index (χ0n) is 10.3. The molecule has 102 valence electrons. The number of nitrogens with zero attached hydrogens (tertiary/aromatic N) is 1. The van der Waals surface area contributed by atoms with Crippen molar-refractivity contribution in [2.24, 2.45) is 0 Å². The van der Waals surface area contributed by atoms with Gasteiger partial charge in [-0.05, 0) is 37.5 Å². The monoisotopic (exact) mass is 269 g/mol. The highest BCUT2D eigenvalue weighted by Gasteiger charge is 2.34. The third-order valence-corrected chi connectivity index (χ3v) is 3.60. The Labute approximate surface area is 108 Å². The van der Waals surface area contributed by atoms with Crippen LogP contribution in [0.1, 0.15) is 24.8 Å². The van der Waals surface area contributed by atoms with E-state index >= 15 is 0 Å². The molecule has 1 aromatic carbocycles. The normalized spacial score (nSPS) is 17.1. The molecule has 0 spiro atoms. The Hall–Kier alpha value is -1.65. The van der Waals surface area contributed by atoms with Crippen LogP contribution in [0.25, 0.3) is 11.0 Å². The summed E-state index contributed by atoms with van der Waals surface area (Å²) in [5.74, 6) is 0. The highest BCUT2D eigenvalue weighted by molar-refractivity contribution is 5.92. The fraction of sp³-hybridized carbons (Fsp3) is 0.429. The van der Waals surface area contributed by atoms with E-state index in [1.54, 1.807) is 0 Å². The number of rotatable bonds is 1. The van der Waals surface area contributed by atoms with Crippen molar-refractivity contribution in [3.63, 3.8) is 0 Å². The van der Waals surface area contributed by atoms with Gasteiger partial charge < -0.3 is 9.32 Å². The second-order valence-corrected chi connectivity index (χ2v) is 4.84. The van der Waals surface area contributed by atoms with Crippen LogP contribution in [0.2, 0.25) is 0 Å². The second kappa shape index (κ2) is 4.47.